The largest absolute Gasteiger partial charge is 0.465 e. The molecule has 1 aliphatic heterocycles. The predicted molar refractivity (Wildman–Crippen MR) is 96.9 cm³/mol. The number of rotatable bonds is 4. The van der Waals surface area contributed by atoms with E-state index in [0.717, 1.165) is 0 Å². The van der Waals surface area contributed by atoms with Crippen LogP contribution in [0.2, 0.25) is 0 Å². The summed E-state index contributed by atoms with van der Waals surface area (Å²) in [5.41, 5.74) is -0.269. The van der Waals surface area contributed by atoms with Gasteiger partial charge in [0.05, 0.1) is 12.7 Å². The summed E-state index contributed by atoms with van der Waals surface area (Å²) in [6.45, 7) is 3.35. The molecule has 8 heteroatoms. The molecule has 1 aromatic carbocycles. The van der Waals surface area contributed by atoms with E-state index >= 15 is 0 Å². The van der Waals surface area contributed by atoms with E-state index in [1.165, 1.54) is 20.1 Å². The van der Waals surface area contributed by atoms with E-state index in [0.29, 0.717) is 50.3 Å². The molecule has 1 heterocycles. The monoisotopic (exact) mass is 373 g/mol. The number of anilines is 1. The second-order valence-electron chi connectivity index (χ2n) is 6.91. The van der Waals surface area contributed by atoms with E-state index in [-0.39, 0.29) is 17.7 Å². The number of amides is 3. The van der Waals surface area contributed by atoms with E-state index in [1.807, 2.05) is 0 Å². The van der Waals surface area contributed by atoms with E-state index in [2.05, 4.69) is 10.1 Å². The van der Waals surface area contributed by atoms with E-state index in [1.54, 1.807) is 28.0 Å². The van der Waals surface area contributed by atoms with Gasteiger partial charge >= 0.3 is 5.97 Å². The third-order valence-corrected chi connectivity index (χ3v) is 5.15. The van der Waals surface area contributed by atoms with Crippen LogP contribution in [0.15, 0.2) is 24.3 Å². The van der Waals surface area contributed by atoms with Gasteiger partial charge in [-0.25, -0.2) is 4.79 Å². The van der Waals surface area contributed by atoms with Gasteiger partial charge in [0.2, 0.25) is 17.7 Å². The smallest absolute Gasteiger partial charge is 0.337 e. The average molecular weight is 373 g/mol. The molecule has 1 N–H and O–H groups in total. The van der Waals surface area contributed by atoms with Crippen molar-refractivity contribution in [1.29, 1.82) is 0 Å². The van der Waals surface area contributed by atoms with Crippen LogP contribution in [0.5, 0.6) is 0 Å². The normalized spacial score (nSPS) is 17.9. The minimum atomic E-state index is -1.04. The van der Waals surface area contributed by atoms with Crippen LogP contribution < -0.4 is 5.32 Å². The van der Waals surface area contributed by atoms with Crippen molar-refractivity contribution < 1.29 is 23.9 Å². The molecule has 3 amide bonds. The standard InChI is InChI=1S/C19H23N3O5/c1-13(23)21-8-10-22(11-9-21)18(26)19(6-7-19)17(25)20-15-5-3-4-14(12-15)16(24)27-2/h3-5,12H,6-11H2,1-2H3,(H,20,25). The van der Waals surface area contributed by atoms with Gasteiger partial charge in [-0.1, -0.05) is 6.07 Å². The lowest BCUT2D eigenvalue weighted by molar-refractivity contribution is -0.146. The zero-order valence-electron chi connectivity index (χ0n) is 15.5. The molecule has 0 atom stereocenters. The molecular formula is C19H23N3O5. The van der Waals surface area contributed by atoms with Gasteiger partial charge in [0.1, 0.15) is 5.41 Å². The minimum Gasteiger partial charge on any atom is -0.465 e. The highest BCUT2D eigenvalue weighted by Crippen LogP contribution is 2.48. The van der Waals surface area contributed by atoms with Gasteiger partial charge in [-0.3, -0.25) is 14.4 Å². The van der Waals surface area contributed by atoms with Crippen molar-refractivity contribution in [2.45, 2.75) is 19.8 Å². The van der Waals surface area contributed by atoms with Crippen LogP contribution in [-0.4, -0.2) is 66.8 Å². The minimum absolute atomic E-state index is 0.00790. The maximum atomic E-state index is 12.9. The number of methoxy groups -OCH3 is 1. The number of ether oxygens (including phenoxy) is 1. The van der Waals surface area contributed by atoms with Crippen molar-refractivity contribution in [3.8, 4) is 0 Å². The molecule has 0 radical (unpaired) electrons. The van der Waals surface area contributed by atoms with Crippen LogP contribution in [0.25, 0.3) is 0 Å². The lowest BCUT2D eigenvalue weighted by Gasteiger charge is -2.35. The second-order valence-corrected chi connectivity index (χ2v) is 6.91. The summed E-state index contributed by atoms with van der Waals surface area (Å²) in [7, 11) is 1.29. The van der Waals surface area contributed by atoms with Gasteiger partial charge in [0, 0.05) is 38.8 Å². The summed E-state index contributed by atoms with van der Waals surface area (Å²) in [5, 5.41) is 2.75. The summed E-state index contributed by atoms with van der Waals surface area (Å²) < 4.78 is 4.68. The summed E-state index contributed by atoms with van der Waals surface area (Å²) in [5.74, 6) is -1.05. The van der Waals surface area contributed by atoms with E-state index in [9.17, 15) is 19.2 Å². The van der Waals surface area contributed by atoms with Gasteiger partial charge in [-0.05, 0) is 31.0 Å². The topological polar surface area (TPSA) is 96.0 Å². The summed E-state index contributed by atoms with van der Waals surface area (Å²) in [6, 6.07) is 6.42. The zero-order chi connectivity index (χ0) is 19.6. The highest BCUT2D eigenvalue weighted by molar-refractivity contribution is 6.13. The number of nitrogens with zero attached hydrogens (tertiary/aromatic N) is 2. The Morgan fingerprint density at radius 3 is 2.22 bits per heavy atom. The van der Waals surface area contributed by atoms with Gasteiger partial charge in [0.15, 0.2) is 0 Å². The van der Waals surface area contributed by atoms with Gasteiger partial charge < -0.3 is 19.9 Å². The van der Waals surface area contributed by atoms with Crippen LogP contribution in [0.3, 0.4) is 0 Å². The first-order chi connectivity index (χ1) is 12.9. The maximum absolute atomic E-state index is 12.9. The fourth-order valence-electron chi connectivity index (χ4n) is 3.28. The van der Waals surface area contributed by atoms with Crippen LogP contribution in [-0.2, 0) is 19.1 Å². The Hall–Kier alpha value is -2.90. The van der Waals surface area contributed by atoms with Crippen LogP contribution in [0.4, 0.5) is 5.69 Å². The van der Waals surface area contributed by atoms with Crippen molar-refractivity contribution in [3.63, 3.8) is 0 Å². The first kappa shape index (κ1) is 18.9. The number of hydrogen-bond acceptors (Lipinski definition) is 5. The number of hydrogen-bond donors (Lipinski definition) is 1. The maximum Gasteiger partial charge on any atom is 0.337 e. The van der Waals surface area contributed by atoms with Crippen LogP contribution in [0, 0.1) is 5.41 Å². The van der Waals surface area contributed by atoms with Gasteiger partial charge in [-0.15, -0.1) is 0 Å². The third-order valence-electron chi connectivity index (χ3n) is 5.15. The highest BCUT2D eigenvalue weighted by atomic mass is 16.5. The molecule has 0 unspecified atom stereocenters. The van der Waals surface area contributed by atoms with Crippen LogP contribution >= 0.6 is 0 Å². The van der Waals surface area contributed by atoms with Crippen molar-refractivity contribution in [2.24, 2.45) is 5.41 Å². The van der Waals surface area contributed by atoms with Crippen molar-refractivity contribution in [2.75, 3.05) is 38.6 Å². The van der Waals surface area contributed by atoms with Crippen molar-refractivity contribution >= 4 is 29.4 Å². The summed E-state index contributed by atoms with van der Waals surface area (Å²) in [4.78, 5) is 52.1. The number of esters is 1. The molecule has 3 rings (SSSR count). The molecule has 2 fully saturated rings. The number of benzene rings is 1. The number of carbonyl (C=O) groups is 4. The summed E-state index contributed by atoms with van der Waals surface area (Å²) in [6.07, 6.45) is 1.00. The molecule has 8 nitrogen and oxygen atoms in total. The Bertz CT molecular complexity index is 779. The average Bonchev–Trinajstić information content (AvgIpc) is 3.49. The first-order valence-corrected chi connectivity index (χ1v) is 8.92. The van der Waals surface area contributed by atoms with E-state index < -0.39 is 11.4 Å². The highest BCUT2D eigenvalue weighted by Gasteiger charge is 2.58. The summed E-state index contributed by atoms with van der Waals surface area (Å²) >= 11 is 0. The first-order valence-electron chi connectivity index (χ1n) is 8.92. The van der Waals surface area contributed by atoms with E-state index in [4.69, 9.17) is 0 Å². The molecule has 0 spiro atoms. The Balaban J connectivity index is 1.65. The van der Waals surface area contributed by atoms with Crippen LogP contribution in [0.1, 0.15) is 30.1 Å². The number of nitrogens with one attached hydrogen (secondary N) is 1. The van der Waals surface area contributed by atoms with Gasteiger partial charge in [0.25, 0.3) is 0 Å². The SMILES string of the molecule is COC(=O)c1cccc(NC(=O)C2(C(=O)N3CCN(C(C)=O)CC3)CC2)c1. The molecule has 27 heavy (non-hydrogen) atoms. The Morgan fingerprint density at radius 1 is 1.04 bits per heavy atom. The van der Waals surface area contributed by atoms with Crippen molar-refractivity contribution in [1.82, 2.24) is 9.80 Å². The fourth-order valence-corrected chi connectivity index (χ4v) is 3.28. The Morgan fingerprint density at radius 2 is 1.67 bits per heavy atom. The predicted octanol–water partition coefficient (Wildman–Crippen LogP) is 0.883. The number of carbonyl (C=O) groups excluding carboxylic acids is 4. The lowest BCUT2D eigenvalue weighted by Crippen LogP contribution is -2.53. The molecule has 1 saturated heterocycles. The molecule has 0 bridgehead atoms. The van der Waals surface area contributed by atoms with Crippen molar-refractivity contribution in [3.05, 3.63) is 29.8 Å². The lowest BCUT2D eigenvalue weighted by atomic mass is 10.0. The Labute approximate surface area is 157 Å². The molecule has 1 saturated carbocycles. The number of piperazine rings is 1. The molecule has 2 aliphatic rings. The zero-order valence-corrected chi connectivity index (χ0v) is 15.5. The Kier molecular flexibility index (Phi) is 5.16. The molecule has 1 aromatic rings. The second kappa shape index (κ2) is 7.38. The molecular weight excluding hydrogens is 350 g/mol. The molecule has 0 aromatic heterocycles. The quantitative estimate of drug-likeness (QED) is 0.624. The third kappa shape index (κ3) is 3.79. The fraction of sp³-hybridized carbons (Fsp3) is 0.474. The molecule has 1 aliphatic carbocycles. The van der Waals surface area contributed by atoms with Gasteiger partial charge in [-0.2, -0.15) is 0 Å². The molecule has 144 valence electrons.